The molecule has 14 nitrogen and oxygen atoms in total. The molecule has 5 atom stereocenters. The number of benzene rings is 2. The minimum Gasteiger partial charge on any atom is -0.530 e. The van der Waals surface area contributed by atoms with Crippen molar-refractivity contribution >= 4 is 22.1 Å². The van der Waals surface area contributed by atoms with Gasteiger partial charge in [0.25, 0.3) is 0 Å². The van der Waals surface area contributed by atoms with Gasteiger partial charge in [-0.2, -0.15) is 4.31 Å². The van der Waals surface area contributed by atoms with Gasteiger partial charge >= 0.3 is 6.03 Å². The molecule has 0 spiro atoms. The van der Waals surface area contributed by atoms with Crippen LogP contribution in [0.25, 0.3) is 0 Å². The minimum absolute atomic E-state index is 0.0239. The van der Waals surface area contributed by atoms with Crippen molar-refractivity contribution in [3.05, 3.63) is 54.1 Å². The van der Waals surface area contributed by atoms with Crippen LogP contribution in [-0.4, -0.2) is 116 Å². The first-order valence-corrected chi connectivity index (χ1v) is 20.4. The van der Waals surface area contributed by atoms with E-state index in [-0.39, 0.29) is 55.3 Å². The summed E-state index contributed by atoms with van der Waals surface area (Å²) in [6, 6.07) is 11.9. The van der Waals surface area contributed by atoms with E-state index in [2.05, 4.69) is 5.32 Å². The zero-order valence-electron chi connectivity index (χ0n) is 32.3. The fourth-order valence-electron chi connectivity index (χ4n) is 7.92. The number of amides is 3. The first-order valence-electron chi connectivity index (χ1n) is 19.0. The number of ether oxygens (including phenoxy) is 4. The van der Waals surface area contributed by atoms with Gasteiger partial charge < -0.3 is 49.1 Å². The van der Waals surface area contributed by atoms with E-state index in [1.807, 2.05) is 71.9 Å². The van der Waals surface area contributed by atoms with Gasteiger partial charge in [-0.1, -0.05) is 50.6 Å². The lowest BCUT2D eigenvalue weighted by Gasteiger charge is -2.43. The number of aliphatic hydroxyl groups excluding tert-OH is 1. The van der Waals surface area contributed by atoms with Crippen LogP contribution in [0, 0.1) is 11.3 Å². The summed E-state index contributed by atoms with van der Waals surface area (Å²) in [5.74, 6) is 0.480. The van der Waals surface area contributed by atoms with Gasteiger partial charge in [0.2, 0.25) is 16.8 Å². The number of nitrogens with one attached hydrogen (secondary N) is 1. The van der Waals surface area contributed by atoms with Gasteiger partial charge in [0, 0.05) is 43.7 Å². The molecule has 0 radical (unpaired) electrons. The fourth-order valence-corrected chi connectivity index (χ4v) is 9.58. The van der Waals surface area contributed by atoms with Crippen LogP contribution in [0.15, 0.2) is 53.4 Å². The zero-order chi connectivity index (χ0) is 39.2. The highest BCUT2D eigenvalue weighted by Crippen LogP contribution is 2.38. The molecule has 0 unspecified atom stereocenters. The number of sulfonamides is 1. The average molecular weight is 774 g/mol. The third-order valence-corrected chi connectivity index (χ3v) is 12.4. The molecule has 2 aromatic carbocycles. The molecular weight excluding hydrogens is 717 g/mol. The molecule has 300 valence electrons. The van der Waals surface area contributed by atoms with Crippen LogP contribution in [0.4, 0.5) is 9.59 Å². The molecular formula is C39H57N4O10S-. The number of carbonyl (C=O) groups is 2. The Balaban J connectivity index is 1.38. The van der Waals surface area contributed by atoms with Crippen LogP contribution >= 0.6 is 0 Å². The van der Waals surface area contributed by atoms with E-state index in [1.165, 1.54) is 16.4 Å². The smallest absolute Gasteiger partial charge is 0.317 e. The normalized spacial score (nSPS) is 20.7. The number of carboxylic acid groups (broad SMARTS) is 1. The molecule has 2 N–H and O–H groups in total. The van der Waals surface area contributed by atoms with Gasteiger partial charge in [0.15, 0.2) is 17.8 Å². The number of nitrogens with zero attached hydrogens (tertiary/aromatic N) is 3. The molecule has 0 aliphatic carbocycles. The molecule has 0 saturated carbocycles. The lowest BCUT2D eigenvalue weighted by Crippen LogP contribution is -2.61. The molecule has 3 aliphatic rings. The molecule has 0 bridgehead atoms. The topological polar surface area (TPSA) is 170 Å². The quantitative estimate of drug-likeness (QED) is 0.213. The molecule has 15 heteroatoms. The van der Waals surface area contributed by atoms with Crippen LogP contribution in [0.2, 0.25) is 0 Å². The van der Waals surface area contributed by atoms with E-state index >= 15 is 0 Å². The summed E-state index contributed by atoms with van der Waals surface area (Å²) in [5.41, 5.74) is 0.194. The third-order valence-electron chi connectivity index (χ3n) is 10.5. The predicted molar refractivity (Wildman–Crippen MR) is 199 cm³/mol. The molecule has 54 heavy (non-hydrogen) atoms. The van der Waals surface area contributed by atoms with E-state index in [4.69, 9.17) is 18.9 Å². The van der Waals surface area contributed by atoms with Crippen LogP contribution in [0.3, 0.4) is 0 Å². The van der Waals surface area contributed by atoms with E-state index in [1.54, 1.807) is 11.0 Å². The molecule has 2 fully saturated rings. The summed E-state index contributed by atoms with van der Waals surface area (Å²) >= 11 is 0. The van der Waals surface area contributed by atoms with Gasteiger partial charge in [0.1, 0.15) is 6.09 Å². The third kappa shape index (κ3) is 9.96. The lowest BCUT2D eigenvalue weighted by atomic mass is 9.87. The van der Waals surface area contributed by atoms with Gasteiger partial charge in [-0.25, -0.2) is 13.2 Å². The second-order valence-corrected chi connectivity index (χ2v) is 17.8. The highest BCUT2D eigenvalue weighted by Gasteiger charge is 2.47. The highest BCUT2D eigenvalue weighted by molar-refractivity contribution is 7.89. The van der Waals surface area contributed by atoms with E-state index < -0.39 is 52.6 Å². The summed E-state index contributed by atoms with van der Waals surface area (Å²) in [7, 11) is -4.26. The maximum absolute atomic E-state index is 14.5. The summed E-state index contributed by atoms with van der Waals surface area (Å²) in [6.45, 7) is 12.4. The van der Waals surface area contributed by atoms with Gasteiger partial charge in [-0.05, 0) is 76.5 Å². The number of fused-ring (bicyclic) bond motifs is 2. The van der Waals surface area contributed by atoms with Gasteiger partial charge in [-0.3, -0.25) is 0 Å². The molecule has 3 heterocycles. The Kier molecular flexibility index (Phi) is 13.8. The van der Waals surface area contributed by atoms with E-state index in [0.717, 1.165) is 10.5 Å². The monoisotopic (exact) mass is 773 g/mol. The Morgan fingerprint density at radius 1 is 1.00 bits per heavy atom. The standard InChI is InChI=1S/C39H58N4O10S/c1-26(2)42(27(3)4)37(45)40-18-11-10-17-39(5,6)24-41(54(48,49)29-14-15-34-35(21-29)53-25-52-34)22-33(44)31(20-28-12-8-7-9-13-28)43(38(46)47)32-23-51-36-30(32)16-19-50-36/h7-9,12-15,21,26-27,30-33,36,44H,10-11,16-20,22-25H2,1-6H3,(H,40,45)(H,46,47)/p-1/t30-,31-,32-,33+,36+/m0/s1. The molecule has 2 aromatic rings. The van der Waals surface area contributed by atoms with Crippen molar-refractivity contribution in [1.29, 1.82) is 0 Å². The van der Waals surface area contributed by atoms with Crippen LogP contribution in [0.5, 0.6) is 11.5 Å². The number of urea groups is 1. The first-order chi connectivity index (χ1) is 25.6. The SMILES string of the molecule is CC(C)N(C(=O)NCCCCC(C)(C)CN(C[C@@H](O)[C@H](Cc1ccccc1)N(C(=O)[O-])[C@H]1CO[C@H]2OCC[C@H]21)S(=O)(=O)c1ccc2c(c1)OCO2)C(C)C. The van der Waals surface area contributed by atoms with Gasteiger partial charge in [-0.15, -0.1) is 0 Å². The predicted octanol–water partition coefficient (Wildman–Crippen LogP) is 3.81. The number of rotatable bonds is 18. The van der Waals surface area contributed by atoms with Crippen molar-refractivity contribution in [3.8, 4) is 11.5 Å². The molecule has 2 saturated heterocycles. The molecule has 5 rings (SSSR count). The average Bonchev–Trinajstić information content (AvgIpc) is 3.86. The van der Waals surface area contributed by atoms with Crippen LogP contribution < -0.4 is 19.9 Å². The Bertz CT molecular complexity index is 1670. The number of aliphatic hydroxyl groups is 1. The van der Waals surface area contributed by atoms with E-state index in [0.29, 0.717) is 50.3 Å². The summed E-state index contributed by atoms with van der Waals surface area (Å²) in [5, 5.41) is 28.1. The number of unbranched alkanes of at least 4 members (excludes halogenated alkanes) is 1. The van der Waals surface area contributed by atoms with Crippen molar-refractivity contribution in [2.24, 2.45) is 11.3 Å². The second-order valence-electron chi connectivity index (χ2n) is 15.9. The van der Waals surface area contributed by atoms with Crippen molar-refractivity contribution in [2.75, 3.05) is 39.6 Å². The van der Waals surface area contributed by atoms with Gasteiger partial charge in [0.05, 0.1) is 36.3 Å². The Morgan fingerprint density at radius 2 is 1.70 bits per heavy atom. The van der Waals surface area contributed by atoms with Crippen LogP contribution in [-0.2, 0) is 25.9 Å². The van der Waals surface area contributed by atoms with Crippen molar-refractivity contribution in [3.63, 3.8) is 0 Å². The van der Waals surface area contributed by atoms with E-state index in [9.17, 15) is 28.2 Å². The summed E-state index contributed by atoms with van der Waals surface area (Å²) in [6.07, 6.45) is -0.766. The zero-order valence-corrected chi connectivity index (χ0v) is 33.1. The van der Waals surface area contributed by atoms with Crippen LogP contribution in [0.1, 0.15) is 72.8 Å². The maximum Gasteiger partial charge on any atom is 0.317 e. The maximum atomic E-state index is 14.5. The summed E-state index contributed by atoms with van der Waals surface area (Å²) in [4.78, 5) is 28.7. The van der Waals surface area contributed by atoms with Crippen molar-refractivity contribution < 1.29 is 47.2 Å². The Hall–Kier alpha value is -3.63. The second kappa shape index (κ2) is 17.9. The highest BCUT2D eigenvalue weighted by atomic mass is 32.2. The Labute approximate surface area is 319 Å². The van der Waals surface area contributed by atoms with Crippen molar-refractivity contribution in [2.45, 2.75) is 115 Å². The first kappa shape index (κ1) is 41.5. The number of hydrogen-bond donors (Lipinski definition) is 2. The molecule has 3 amide bonds. The minimum atomic E-state index is -4.26. The fraction of sp³-hybridized carbons (Fsp3) is 0.641. The number of carbonyl (C=O) groups excluding carboxylic acids is 2. The summed E-state index contributed by atoms with van der Waals surface area (Å²) < 4.78 is 52.7. The Morgan fingerprint density at radius 3 is 2.39 bits per heavy atom. The molecule has 3 aliphatic heterocycles. The lowest BCUT2D eigenvalue weighted by molar-refractivity contribution is -0.273. The van der Waals surface area contributed by atoms with Crippen molar-refractivity contribution in [1.82, 2.24) is 19.4 Å². The molecule has 0 aromatic heterocycles. The largest absolute Gasteiger partial charge is 0.530 e. The number of hydrogen-bond acceptors (Lipinski definition) is 10.